The fourth-order valence-corrected chi connectivity index (χ4v) is 1.94. The molecule has 0 bridgehead atoms. The van der Waals surface area contributed by atoms with Crippen LogP contribution in [0, 0.1) is 17.3 Å². The molecule has 1 aromatic rings. The lowest BCUT2D eigenvalue weighted by Gasteiger charge is -2.22. The highest BCUT2D eigenvalue weighted by molar-refractivity contribution is 7.80. The van der Waals surface area contributed by atoms with Crippen LogP contribution in [0.1, 0.15) is 18.1 Å². The van der Waals surface area contributed by atoms with Crippen LogP contribution < -0.4 is 21.6 Å². The number of nitrogens with zero attached hydrogens (tertiary/aromatic N) is 1. The van der Waals surface area contributed by atoms with E-state index in [1.807, 2.05) is 0 Å². The summed E-state index contributed by atoms with van der Waals surface area (Å²) in [6.07, 6.45) is 2.57. The molecule has 1 rings (SSSR count). The van der Waals surface area contributed by atoms with Crippen LogP contribution in [0.25, 0.3) is 6.08 Å². The highest BCUT2D eigenvalue weighted by atomic mass is 32.1. The quantitative estimate of drug-likeness (QED) is 0.281. The Morgan fingerprint density at radius 2 is 2.00 bits per heavy atom. The van der Waals surface area contributed by atoms with Crippen molar-refractivity contribution in [3.63, 3.8) is 0 Å². The summed E-state index contributed by atoms with van der Waals surface area (Å²) in [5.74, 6) is -0.433. The van der Waals surface area contributed by atoms with Crippen LogP contribution in [0.3, 0.4) is 0 Å². The molecule has 0 radical (unpaired) electrons. The second kappa shape index (κ2) is 7.94. The summed E-state index contributed by atoms with van der Waals surface area (Å²) in [7, 11) is 0. The molecule has 0 saturated carbocycles. The molecule has 10 nitrogen and oxygen atoms in total. The summed E-state index contributed by atoms with van der Waals surface area (Å²) in [5, 5.41) is 39.2. The van der Waals surface area contributed by atoms with Gasteiger partial charge >= 0.3 is 0 Å². The third kappa shape index (κ3) is 4.94. The van der Waals surface area contributed by atoms with E-state index < -0.39 is 16.4 Å². The van der Waals surface area contributed by atoms with Crippen molar-refractivity contribution in [3.8, 4) is 0 Å². The highest BCUT2D eigenvalue weighted by Gasteiger charge is 2.21. The lowest BCUT2D eigenvalue weighted by molar-refractivity contribution is -1.01. The minimum Gasteiger partial charge on any atom is -0.595 e. The Bertz CT molecular complexity index is 635. The van der Waals surface area contributed by atoms with Crippen LogP contribution in [-0.4, -0.2) is 26.4 Å². The third-order valence-corrected chi connectivity index (χ3v) is 3.01. The Hall–Kier alpha value is -2.12. The average molecular weight is 343 g/mol. The number of thiocarbonyl (C=S) groups is 1. The number of nitrogens with one attached hydrogen (secondary N) is 3. The lowest BCUT2D eigenvalue weighted by Crippen LogP contribution is -3.05. The highest BCUT2D eigenvalue weighted by Crippen LogP contribution is 2.24. The first-order chi connectivity index (χ1) is 10.6. The zero-order chi connectivity index (χ0) is 17.7. The SMILES string of the molecule is CC(=O)NN(/C=C/c1c(C)ccc([NH+]([O-])O)c1[NH+]([O-])O)C(N)=S. The van der Waals surface area contributed by atoms with Gasteiger partial charge in [0.05, 0.1) is 0 Å². The van der Waals surface area contributed by atoms with Gasteiger partial charge in [0.1, 0.15) is 0 Å². The molecule has 2 atom stereocenters. The van der Waals surface area contributed by atoms with Crippen LogP contribution in [0.4, 0.5) is 11.4 Å². The van der Waals surface area contributed by atoms with Crippen molar-refractivity contribution in [3.05, 3.63) is 39.9 Å². The van der Waals surface area contributed by atoms with Crippen LogP contribution in [0.15, 0.2) is 18.3 Å². The number of rotatable bonds is 4. The van der Waals surface area contributed by atoms with Gasteiger partial charge in [-0.1, -0.05) is 6.07 Å². The van der Waals surface area contributed by atoms with E-state index in [2.05, 4.69) is 5.43 Å². The number of carbonyl (C=O) groups is 1. The minimum absolute atomic E-state index is 0.166. The van der Waals surface area contributed by atoms with Gasteiger partial charge in [-0.2, -0.15) is 10.5 Å². The maximum atomic E-state index is 11.4. The number of carbonyl (C=O) groups excluding carboxylic acids is 1. The van der Waals surface area contributed by atoms with Crippen molar-refractivity contribution >= 4 is 40.7 Å². The fraction of sp³-hybridized carbons (Fsp3) is 0.167. The summed E-state index contributed by atoms with van der Waals surface area (Å²) in [6.45, 7) is 2.87. The van der Waals surface area contributed by atoms with Gasteiger partial charge in [-0.3, -0.25) is 10.2 Å². The normalized spacial score (nSPS) is 13.7. The van der Waals surface area contributed by atoms with Gasteiger partial charge < -0.3 is 16.1 Å². The first kappa shape index (κ1) is 18.9. The van der Waals surface area contributed by atoms with Crippen molar-refractivity contribution in [2.75, 3.05) is 0 Å². The summed E-state index contributed by atoms with van der Waals surface area (Å²) in [6, 6.07) is 2.71. The molecular weight excluding hydrogens is 326 g/mol. The average Bonchev–Trinajstić information content (AvgIpc) is 2.42. The van der Waals surface area contributed by atoms with Gasteiger partial charge in [0.25, 0.3) is 0 Å². The number of quaternary nitrogens is 2. The molecule has 126 valence electrons. The molecular formula is C12H17N5O5S. The van der Waals surface area contributed by atoms with Crippen LogP contribution >= 0.6 is 12.2 Å². The lowest BCUT2D eigenvalue weighted by atomic mass is 10.0. The first-order valence-corrected chi connectivity index (χ1v) is 6.70. The van der Waals surface area contributed by atoms with Gasteiger partial charge in [0.2, 0.25) is 17.3 Å². The van der Waals surface area contributed by atoms with Gasteiger partial charge in [0.15, 0.2) is 5.11 Å². The van der Waals surface area contributed by atoms with Crippen molar-refractivity contribution < 1.29 is 25.7 Å². The molecule has 2 unspecified atom stereocenters. The third-order valence-electron chi connectivity index (χ3n) is 2.81. The van der Waals surface area contributed by atoms with Crippen LogP contribution in [0.2, 0.25) is 0 Å². The second-order valence-corrected chi connectivity index (χ2v) is 4.94. The molecule has 0 spiro atoms. The van der Waals surface area contributed by atoms with E-state index in [-0.39, 0.29) is 22.1 Å². The second-order valence-electron chi connectivity index (χ2n) is 4.52. The summed E-state index contributed by atoms with van der Waals surface area (Å²) >= 11 is 4.76. The number of nitrogens with two attached hydrogens (primary N) is 1. The van der Waals surface area contributed by atoms with Crippen LogP contribution in [-0.2, 0) is 4.79 Å². The molecule has 7 N–H and O–H groups in total. The number of benzene rings is 1. The fourth-order valence-electron chi connectivity index (χ4n) is 1.83. The van der Waals surface area contributed by atoms with Gasteiger partial charge in [-0.05, 0) is 30.8 Å². The number of hydrogen-bond acceptors (Lipinski definition) is 6. The zero-order valence-electron chi connectivity index (χ0n) is 12.4. The van der Waals surface area contributed by atoms with E-state index in [9.17, 15) is 20.4 Å². The van der Waals surface area contributed by atoms with Crippen molar-refractivity contribution in [2.24, 2.45) is 5.73 Å². The molecule has 0 saturated heterocycles. The molecule has 0 aliphatic rings. The number of aryl methyl sites for hydroxylation is 1. The van der Waals surface area contributed by atoms with Gasteiger partial charge in [0, 0.05) is 24.8 Å². The molecule has 11 heteroatoms. The number of hydrogen-bond donors (Lipinski definition) is 6. The molecule has 23 heavy (non-hydrogen) atoms. The van der Waals surface area contributed by atoms with Crippen molar-refractivity contribution in [2.45, 2.75) is 13.8 Å². The van der Waals surface area contributed by atoms with Crippen molar-refractivity contribution in [1.82, 2.24) is 10.4 Å². The Labute approximate surface area is 137 Å². The number of hydrazine groups is 1. The molecule has 1 aromatic carbocycles. The molecule has 0 aromatic heterocycles. The Kier molecular flexibility index (Phi) is 6.53. The summed E-state index contributed by atoms with van der Waals surface area (Å²) in [5.41, 5.74) is 7.78. The molecule has 1 amide bonds. The summed E-state index contributed by atoms with van der Waals surface area (Å²) < 4.78 is 0. The topological polar surface area (TPSA) is 154 Å². The Morgan fingerprint density at radius 1 is 1.39 bits per heavy atom. The van der Waals surface area contributed by atoms with E-state index in [0.717, 1.165) is 5.01 Å². The van der Waals surface area contributed by atoms with E-state index >= 15 is 0 Å². The van der Waals surface area contributed by atoms with E-state index in [1.54, 1.807) is 6.92 Å². The summed E-state index contributed by atoms with van der Waals surface area (Å²) in [4.78, 5) is 11.1. The predicted molar refractivity (Wildman–Crippen MR) is 84.2 cm³/mol. The first-order valence-electron chi connectivity index (χ1n) is 6.29. The predicted octanol–water partition coefficient (Wildman–Crippen LogP) is -1.63. The molecule has 0 fully saturated rings. The van der Waals surface area contributed by atoms with E-state index in [1.165, 1.54) is 31.3 Å². The monoisotopic (exact) mass is 343 g/mol. The smallest absolute Gasteiger partial charge is 0.236 e. The Morgan fingerprint density at radius 3 is 2.43 bits per heavy atom. The molecule has 0 aliphatic heterocycles. The standard InChI is InChI=1S/C12H17N5O5S/c1-7-3-4-10(16(19)20)11(17(21)22)9(7)5-6-15(12(13)23)14-8(2)18/h3-6,16-17,19,21H,1-2H3,(H2,13,23)(H,14,18)/b6-5+. The molecule has 0 heterocycles. The van der Waals surface area contributed by atoms with Crippen LogP contribution in [0.5, 0.6) is 0 Å². The maximum absolute atomic E-state index is 11.4. The minimum atomic E-state index is -1.38. The molecule has 0 aliphatic carbocycles. The Balaban J connectivity index is 3.35. The van der Waals surface area contributed by atoms with E-state index in [4.69, 9.17) is 23.2 Å². The van der Waals surface area contributed by atoms with Gasteiger partial charge in [-0.25, -0.2) is 15.4 Å². The maximum Gasteiger partial charge on any atom is 0.236 e. The largest absolute Gasteiger partial charge is 0.595 e. The number of amides is 1. The van der Waals surface area contributed by atoms with E-state index in [0.29, 0.717) is 5.56 Å². The zero-order valence-corrected chi connectivity index (χ0v) is 13.2. The van der Waals surface area contributed by atoms with Crippen molar-refractivity contribution in [1.29, 1.82) is 0 Å². The van der Waals surface area contributed by atoms with Gasteiger partial charge in [-0.15, -0.1) is 0 Å².